The van der Waals surface area contributed by atoms with E-state index in [4.69, 9.17) is 19.7 Å². The summed E-state index contributed by atoms with van der Waals surface area (Å²) in [6.07, 6.45) is 4.60. The number of hydrogen-bond donors (Lipinski definition) is 0. The lowest BCUT2D eigenvalue weighted by atomic mass is 10.0. The number of nitriles is 1. The van der Waals surface area contributed by atoms with Gasteiger partial charge < -0.3 is 9.47 Å². The van der Waals surface area contributed by atoms with Crippen LogP contribution in [0, 0.1) is 11.3 Å². The maximum absolute atomic E-state index is 13.0. The average molecular weight is 398 g/mol. The highest BCUT2D eigenvalue weighted by Crippen LogP contribution is 2.38. The van der Waals surface area contributed by atoms with E-state index in [1.54, 1.807) is 7.11 Å². The smallest absolute Gasteiger partial charge is 0.339 e. The Kier molecular flexibility index (Phi) is 5.76. The Hall–Kier alpha value is -3.65. The number of esters is 1. The highest BCUT2D eigenvalue weighted by atomic mass is 16.5. The van der Waals surface area contributed by atoms with E-state index in [2.05, 4.69) is 12.1 Å². The number of nitrogens with zero attached hydrogens (tertiary/aromatic N) is 2. The van der Waals surface area contributed by atoms with Gasteiger partial charge in [-0.2, -0.15) is 5.26 Å². The number of carbonyl (C=O) groups is 1. The summed E-state index contributed by atoms with van der Waals surface area (Å²) in [4.78, 5) is 17.8. The van der Waals surface area contributed by atoms with Crippen LogP contribution in [0.4, 0.5) is 0 Å². The largest absolute Gasteiger partial charge is 0.497 e. The number of fused-ring (bicyclic) bond motifs is 2. The summed E-state index contributed by atoms with van der Waals surface area (Å²) in [5, 5.41) is 9.50. The first-order chi connectivity index (χ1) is 14.7. The van der Waals surface area contributed by atoms with Gasteiger partial charge in [0.2, 0.25) is 0 Å². The second-order valence-electron chi connectivity index (χ2n) is 7.17. The number of ether oxygens (including phenoxy) is 2. The molecule has 0 bridgehead atoms. The minimum atomic E-state index is -0.339. The van der Waals surface area contributed by atoms with E-state index in [1.165, 1.54) is 0 Å². The van der Waals surface area contributed by atoms with E-state index >= 15 is 0 Å². The Bertz CT molecular complexity index is 1160. The van der Waals surface area contributed by atoms with Gasteiger partial charge in [-0.1, -0.05) is 30.3 Å². The van der Waals surface area contributed by atoms with Gasteiger partial charge in [0.25, 0.3) is 0 Å². The number of rotatable bonds is 6. The standard InChI is InChI=1S/C25H22N2O3/c1-29-19-11-8-17(9-12-19)16-18-10-13-21-23(25(28)30-15-5-4-14-26)20-6-2-3-7-22(20)27-24(18)21/h2-3,6-9,11-12,16H,4-5,10,13,15H2,1H3/b18-16+. The van der Waals surface area contributed by atoms with E-state index in [0.717, 1.165) is 51.9 Å². The molecule has 30 heavy (non-hydrogen) atoms. The summed E-state index contributed by atoms with van der Waals surface area (Å²) in [6.45, 7) is 0.242. The zero-order valence-corrected chi connectivity index (χ0v) is 16.9. The molecule has 3 aromatic rings. The van der Waals surface area contributed by atoms with Crippen LogP contribution in [0.3, 0.4) is 0 Å². The third-order valence-electron chi connectivity index (χ3n) is 5.27. The number of para-hydroxylation sites is 1. The molecule has 150 valence electrons. The second kappa shape index (κ2) is 8.79. The van der Waals surface area contributed by atoms with Crippen molar-refractivity contribution >= 4 is 28.5 Å². The van der Waals surface area contributed by atoms with Crippen LogP contribution in [-0.2, 0) is 11.2 Å². The van der Waals surface area contributed by atoms with Crippen LogP contribution in [0.5, 0.6) is 5.75 Å². The van der Waals surface area contributed by atoms with Crippen LogP contribution in [0.2, 0.25) is 0 Å². The van der Waals surface area contributed by atoms with Gasteiger partial charge in [-0.05, 0) is 60.2 Å². The molecule has 1 aliphatic rings. The van der Waals surface area contributed by atoms with Gasteiger partial charge in [-0.3, -0.25) is 0 Å². The highest BCUT2D eigenvalue weighted by Gasteiger charge is 2.27. The molecule has 0 aliphatic heterocycles. The lowest BCUT2D eigenvalue weighted by Gasteiger charge is -2.12. The lowest BCUT2D eigenvalue weighted by molar-refractivity contribution is 0.0503. The topological polar surface area (TPSA) is 72.2 Å². The maximum Gasteiger partial charge on any atom is 0.339 e. The molecule has 0 radical (unpaired) electrons. The molecule has 0 saturated heterocycles. The molecule has 1 aliphatic carbocycles. The fraction of sp³-hybridized carbons (Fsp3) is 0.240. The molecular formula is C25H22N2O3. The zero-order chi connectivity index (χ0) is 20.9. The number of pyridine rings is 1. The summed E-state index contributed by atoms with van der Waals surface area (Å²) in [5.41, 5.74) is 5.37. The number of methoxy groups -OCH3 is 1. The molecule has 5 nitrogen and oxygen atoms in total. The van der Waals surface area contributed by atoms with Crippen LogP contribution in [0.1, 0.15) is 46.4 Å². The van der Waals surface area contributed by atoms with E-state index in [-0.39, 0.29) is 12.6 Å². The summed E-state index contributed by atoms with van der Waals surface area (Å²) >= 11 is 0. The van der Waals surface area contributed by atoms with Crippen LogP contribution < -0.4 is 4.74 Å². The molecule has 1 heterocycles. The minimum Gasteiger partial charge on any atom is -0.497 e. The number of carbonyl (C=O) groups excluding carboxylic acids is 1. The fourth-order valence-corrected chi connectivity index (χ4v) is 3.80. The van der Waals surface area contributed by atoms with Crippen LogP contribution >= 0.6 is 0 Å². The van der Waals surface area contributed by atoms with E-state index in [9.17, 15) is 4.79 Å². The quantitative estimate of drug-likeness (QED) is 0.422. The van der Waals surface area contributed by atoms with Crippen molar-refractivity contribution in [2.45, 2.75) is 25.7 Å². The van der Waals surface area contributed by atoms with E-state index in [1.807, 2.05) is 48.5 Å². The average Bonchev–Trinajstić information content (AvgIpc) is 3.17. The number of allylic oxidation sites excluding steroid dienone is 1. The Morgan fingerprint density at radius 3 is 2.73 bits per heavy atom. The molecule has 0 N–H and O–H groups in total. The third kappa shape index (κ3) is 3.90. The van der Waals surface area contributed by atoms with Crippen LogP contribution in [0.25, 0.3) is 22.6 Å². The van der Waals surface area contributed by atoms with Crippen molar-refractivity contribution in [3.63, 3.8) is 0 Å². The Balaban J connectivity index is 1.74. The van der Waals surface area contributed by atoms with Crippen molar-refractivity contribution in [1.29, 1.82) is 5.26 Å². The molecule has 0 amide bonds. The molecule has 5 heteroatoms. The van der Waals surface area contributed by atoms with Crippen molar-refractivity contribution in [2.75, 3.05) is 13.7 Å². The summed E-state index contributed by atoms with van der Waals surface area (Å²) in [5.74, 6) is 0.475. The molecule has 0 atom stereocenters. The predicted molar refractivity (Wildman–Crippen MR) is 116 cm³/mol. The van der Waals surface area contributed by atoms with Gasteiger partial charge in [0, 0.05) is 11.8 Å². The van der Waals surface area contributed by atoms with Gasteiger partial charge in [0.05, 0.1) is 36.6 Å². The maximum atomic E-state index is 13.0. The van der Waals surface area contributed by atoms with Crippen molar-refractivity contribution < 1.29 is 14.3 Å². The minimum absolute atomic E-state index is 0.242. The molecule has 0 spiro atoms. The first-order valence-electron chi connectivity index (χ1n) is 10.0. The normalized spacial score (nSPS) is 13.8. The Labute approximate surface area is 175 Å². The van der Waals surface area contributed by atoms with Gasteiger partial charge in [-0.15, -0.1) is 0 Å². The van der Waals surface area contributed by atoms with Crippen molar-refractivity contribution in [1.82, 2.24) is 4.98 Å². The molecule has 2 aromatic carbocycles. The van der Waals surface area contributed by atoms with Crippen LogP contribution in [0.15, 0.2) is 48.5 Å². The zero-order valence-electron chi connectivity index (χ0n) is 16.9. The number of benzene rings is 2. The van der Waals surface area contributed by atoms with Gasteiger partial charge in [0.1, 0.15) is 5.75 Å². The third-order valence-corrected chi connectivity index (χ3v) is 5.27. The van der Waals surface area contributed by atoms with E-state index in [0.29, 0.717) is 18.4 Å². The Morgan fingerprint density at radius 2 is 1.97 bits per heavy atom. The first-order valence-corrected chi connectivity index (χ1v) is 10.0. The van der Waals surface area contributed by atoms with Gasteiger partial charge in [0.15, 0.2) is 0 Å². The summed E-state index contributed by atoms with van der Waals surface area (Å²) in [6, 6.07) is 17.6. The first kappa shape index (κ1) is 19.7. The lowest BCUT2D eigenvalue weighted by Crippen LogP contribution is -2.11. The van der Waals surface area contributed by atoms with Crippen molar-refractivity contribution in [3.05, 3.63) is 70.9 Å². The summed E-state index contributed by atoms with van der Waals surface area (Å²) < 4.78 is 10.7. The SMILES string of the molecule is COc1ccc(/C=C2\CCc3c2nc2ccccc2c3C(=O)OCCCC#N)cc1. The molecule has 4 rings (SSSR count). The second-order valence-corrected chi connectivity index (χ2v) is 7.17. The monoisotopic (exact) mass is 398 g/mol. The predicted octanol–water partition coefficient (Wildman–Crippen LogP) is 5.19. The molecular weight excluding hydrogens is 376 g/mol. The summed E-state index contributed by atoms with van der Waals surface area (Å²) in [7, 11) is 1.65. The molecule has 0 saturated carbocycles. The highest BCUT2D eigenvalue weighted by molar-refractivity contribution is 6.07. The molecule has 0 unspecified atom stereocenters. The van der Waals surface area contributed by atoms with Crippen molar-refractivity contribution in [3.8, 4) is 11.8 Å². The van der Waals surface area contributed by atoms with Gasteiger partial charge >= 0.3 is 5.97 Å². The van der Waals surface area contributed by atoms with E-state index < -0.39 is 0 Å². The van der Waals surface area contributed by atoms with Crippen LogP contribution in [-0.4, -0.2) is 24.7 Å². The number of hydrogen-bond acceptors (Lipinski definition) is 5. The molecule has 0 fully saturated rings. The Morgan fingerprint density at radius 1 is 1.17 bits per heavy atom. The number of unbranched alkanes of at least 4 members (excludes halogenated alkanes) is 1. The van der Waals surface area contributed by atoms with Crippen molar-refractivity contribution in [2.24, 2.45) is 0 Å². The fourth-order valence-electron chi connectivity index (χ4n) is 3.80. The number of aromatic nitrogens is 1. The van der Waals surface area contributed by atoms with Gasteiger partial charge in [-0.25, -0.2) is 9.78 Å². The molecule has 1 aromatic heterocycles.